The third kappa shape index (κ3) is 3.25. The predicted octanol–water partition coefficient (Wildman–Crippen LogP) is 3.40. The van der Waals surface area contributed by atoms with E-state index in [0.717, 1.165) is 0 Å². The molecule has 0 saturated carbocycles. The molecular formula is C14H16BrN3O2. The maximum atomic E-state index is 12.1. The van der Waals surface area contributed by atoms with Crippen LogP contribution in [0.15, 0.2) is 28.8 Å². The van der Waals surface area contributed by atoms with Gasteiger partial charge in [0.1, 0.15) is 0 Å². The molecule has 2 rings (SSSR count). The largest absolute Gasteiger partial charge is 0.334 e. The second-order valence-corrected chi connectivity index (χ2v) is 5.81. The Hall–Kier alpha value is -1.69. The highest BCUT2D eigenvalue weighted by Gasteiger charge is 2.20. The van der Waals surface area contributed by atoms with Crippen LogP contribution in [0.4, 0.5) is 5.69 Å². The van der Waals surface area contributed by atoms with Gasteiger partial charge in [0.25, 0.3) is 5.89 Å². The third-order valence-corrected chi connectivity index (χ3v) is 4.25. The summed E-state index contributed by atoms with van der Waals surface area (Å²) in [7, 11) is 0. The van der Waals surface area contributed by atoms with E-state index >= 15 is 0 Å². The molecule has 0 radical (unpaired) electrons. The van der Waals surface area contributed by atoms with Crippen molar-refractivity contribution in [2.45, 2.75) is 25.6 Å². The fourth-order valence-corrected chi connectivity index (χ4v) is 1.80. The van der Waals surface area contributed by atoms with Gasteiger partial charge >= 0.3 is 0 Å². The molecule has 0 fully saturated rings. The molecule has 6 heteroatoms. The maximum Gasteiger partial charge on any atom is 0.260 e. The van der Waals surface area contributed by atoms with Crippen LogP contribution in [0.25, 0.3) is 11.5 Å². The van der Waals surface area contributed by atoms with Gasteiger partial charge in [-0.15, -0.1) is 0 Å². The van der Waals surface area contributed by atoms with Crippen LogP contribution in [0.5, 0.6) is 0 Å². The van der Waals surface area contributed by atoms with E-state index in [9.17, 15) is 4.79 Å². The summed E-state index contributed by atoms with van der Waals surface area (Å²) in [5.74, 6) is 1.06. The number of hydrogen-bond donors (Lipinski definition) is 1. The summed E-state index contributed by atoms with van der Waals surface area (Å²) in [6, 6.07) is 7.35. The number of nitrogens with one attached hydrogen (secondary N) is 1. The lowest BCUT2D eigenvalue weighted by atomic mass is 10.1. The number of halogens is 1. The Morgan fingerprint density at radius 1 is 1.35 bits per heavy atom. The average molecular weight is 338 g/mol. The van der Waals surface area contributed by atoms with E-state index in [-0.39, 0.29) is 16.7 Å². The van der Waals surface area contributed by atoms with Crippen LogP contribution in [-0.4, -0.2) is 20.9 Å². The van der Waals surface area contributed by atoms with E-state index < -0.39 is 0 Å². The molecule has 1 atom stereocenters. The average Bonchev–Trinajstić information content (AvgIpc) is 2.84. The van der Waals surface area contributed by atoms with Crippen molar-refractivity contribution in [1.29, 1.82) is 0 Å². The molecule has 1 unspecified atom stereocenters. The van der Waals surface area contributed by atoms with Crippen LogP contribution in [-0.2, 0) is 4.79 Å². The molecule has 0 spiro atoms. The SMILES string of the molecule is Cc1noc(-c2ccccc2NC(=O)C(Br)C(C)C)n1. The second-order valence-electron chi connectivity index (χ2n) is 4.83. The summed E-state index contributed by atoms with van der Waals surface area (Å²) >= 11 is 3.39. The van der Waals surface area contributed by atoms with E-state index in [2.05, 4.69) is 31.4 Å². The number of amides is 1. The number of aryl methyl sites for hydroxylation is 1. The number of para-hydroxylation sites is 1. The summed E-state index contributed by atoms with van der Waals surface area (Å²) < 4.78 is 5.16. The van der Waals surface area contributed by atoms with Crippen LogP contribution < -0.4 is 5.32 Å². The summed E-state index contributed by atoms with van der Waals surface area (Å²) in [4.78, 5) is 16.1. The molecule has 0 saturated heterocycles. The van der Waals surface area contributed by atoms with E-state index in [4.69, 9.17) is 4.52 Å². The molecule has 0 aliphatic rings. The zero-order valence-electron chi connectivity index (χ0n) is 11.6. The standard InChI is InChI=1S/C14H16BrN3O2/c1-8(2)12(15)13(19)17-11-7-5-4-6-10(11)14-16-9(3)18-20-14/h4-8,12H,1-3H3,(H,17,19). The molecular weight excluding hydrogens is 322 g/mol. The van der Waals surface area contributed by atoms with Crippen molar-refractivity contribution in [1.82, 2.24) is 10.1 Å². The van der Waals surface area contributed by atoms with E-state index in [1.54, 1.807) is 6.92 Å². The second kappa shape index (κ2) is 6.17. The van der Waals surface area contributed by atoms with Crippen molar-refractivity contribution in [3.63, 3.8) is 0 Å². The van der Waals surface area contributed by atoms with Gasteiger partial charge in [-0.05, 0) is 25.0 Å². The zero-order chi connectivity index (χ0) is 14.7. The topological polar surface area (TPSA) is 68.0 Å². The van der Waals surface area contributed by atoms with Crippen molar-refractivity contribution < 1.29 is 9.32 Å². The van der Waals surface area contributed by atoms with Crippen molar-refractivity contribution >= 4 is 27.5 Å². The van der Waals surface area contributed by atoms with Crippen molar-refractivity contribution in [3.8, 4) is 11.5 Å². The minimum absolute atomic E-state index is 0.0938. The van der Waals surface area contributed by atoms with Gasteiger partial charge in [0.05, 0.1) is 16.1 Å². The highest BCUT2D eigenvalue weighted by molar-refractivity contribution is 9.10. The first-order chi connectivity index (χ1) is 9.49. The molecule has 1 aromatic heterocycles. The van der Waals surface area contributed by atoms with Crippen LogP contribution in [0.2, 0.25) is 0 Å². The number of benzene rings is 1. The molecule has 1 N–H and O–H groups in total. The van der Waals surface area contributed by atoms with Gasteiger partial charge in [-0.25, -0.2) is 0 Å². The number of nitrogens with zero attached hydrogens (tertiary/aromatic N) is 2. The summed E-state index contributed by atoms with van der Waals surface area (Å²) in [6.45, 7) is 5.71. The fourth-order valence-electron chi connectivity index (χ4n) is 1.69. The quantitative estimate of drug-likeness (QED) is 0.868. The van der Waals surface area contributed by atoms with E-state index in [1.807, 2.05) is 38.1 Å². The Morgan fingerprint density at radius 2 is 2.05 bits per heavy atom. The van der Waals surface area contributed by atoms with Crippen molar-refractivity contribution in [3.05, 3.63) is 30.1 Å². The van der Waals surface area contributed by atoms with Gasteiger partial charge < -0.3 is 9.84 Å². The molecule has 5 nitrogen and oxygen atoms in total. The lowest BCUT2D eigenvalue weighted by Crippen LogP contribution is -2.27. The first kappa shape index (κ1) is 14.7. The zero-order valence-corrected chi connectivity index (χ0v) is 13.1. The lowest BCUT2D eigenvalue weighted by molar-refractivity contribution is -0.116. The highest BCUT2D eigenvalue weighted by atomic mass is 79.9. The molecule has 0 aliphatic carbocycles. The first-order valence-electron chi connectivity index (χ1n) is 6.33. The molecule has 106 valence electrons. The number of carbonyl (C=O) groups is 1. The molecule has 2 aromatic rings. The van der Waals surface area contributed by atoms with E-state index in [0.29, 0.717) is 23.0 Å². The Kier molecular flexibility index (Phi) is 4.54. The Morgan fingerprint density at radius 3 is 2.65 bits per heavy atom. The van der Waals surface area contributed by atoms with Gasteiger partial charge in [0.2, 0.25) is 5.91 Å². The minimum atomic E-state index is -0.250. The van der Waals surface area contributed by atoms with Crippen LogP contribution in [0, 0.1) is 12.8 Å². The summed E-state index contributed by atoms with van der Waals surface area (Å²) in [5.41, 5.74) is 1.37. The van der Waals surface area contributed by atoms with E-state index in [1.165, 1.54) is 0 Å². The Balaban J connectivity index is 2.27. The molecule has 20 heavy (non-hydrogen) atoms. The van der Waals surface area contributed by atoms with Gasteiger partial charge in [0.15, 0.2) is 5.82 Å². The highest BCUT2D eigenvalue weighted by Crippen LogP contribution is 2.27. The number of hydrogen-bond acceptors (Lipinski definition) is 4. The number of rotatable bonds is 4. The third-order valence-electron chi connectivity index (χ3n) is 2.78. The summed E-state index contributed by atoms with van der Waals surface area (Å²) in [5, 5.41) is 6.65. The molecule has 0 bridgehead atoms. The van der Waals surface area contributed by atoms with Crippen LogP contribution in [0.1, 0.15) is 19.7 Å². The number of carbonyl (C=O) groups excluding carboxylic acids is 1. The smallest absolute Gasteiger partial charge is 0.260 e. The molecule has 1 amide bonds. The molecule has 1 heterocycles. The van der Waals surface area contributed by atoms with Crippen molar-refractivity contribution in [2.75, 3.05) is 5.32 Å². The maximum absolute atomic E-state index is 12.1. The Bertz CT molecular complexity index is 610. The van der Waals surface area contributed by atoms with Gasteiger partial charge in [0, 0.05) is 0 Å². The molecule has 0 aliphatic heterocycles. The first-order valence-corrected chi connectivity index (χ1v) is 7.25. The monoisotopic (exact) mass is 337 g/mol. The number of aromatic nitrogens is 2. The van der Waals surface area contributed by atoms with Crippen molar-refractivity contribution in [2.24, 2.45) is 5.92 Å². The Labute approximate surface area is 125 Å². The molecule has 1 aromatic carbocycles. The van der Waals surface area contributed by atoms with Crippen LogP contribution >= 0.6 is 15.9 Å². The lowest BCUT2D eigenvalue weighted by Gasteiger charge is -2.15. The van der Waals surface area contributed by atoms with Gasteiger partial charge in [-0.3, -0.25) is 4.79 Å². The predicted molar refractivity (Wildman–Crippen MR) is 80.7 cm³/mol. The minimum Gasteiger partial charge on any atom is -0.334 e. The normalized spacial score (nSPS) is 12.4. The number of alkyl halides is 1. The van der Waals surface area contributed by atoms with Crippen LogP contribution in [0.3, 0.4) is 0 Å². The van der Waals surface area contributed by atoms with Gasteiger partial charge in [-0.1, -0.05) is 47.1 Å². The van der Waals surface area contributed by atoms with Gasteiger partial charge in [-0.2, -0.15) is 4.98 Å². The number of anilines is 1. The fraction of sp³-hybridized carbons (Fsp3) is 0.357. The summed E-state index contributed by atoms with van der Waals surface area (Å²) in [6.07, 6.45) is 0.